The molecule has 1 aromatic rings. The Labute approximate surface area is 120 Å². The van der Waals surface area contributed by atoms with Crippen LogP contribution >= 0.6 is 0 Å². The maximum absolute atomic E-state index is 11.6. The fourth-order valence-electron chi connectivity index (χ4n) is 1.74. The van der Waals surface area contributed by atoms with E-state index in [1.807, 2.05) is 25.7 Å². The summed E-state index contributed by atoms with van der Waals surface area (Å²) < 4.78 is 10.2. The van der Waals surface area contributed by atoms with Crippen LogP contribution in [-0.4, -0.2) is 40.7 Å². The Bertz CT molecular complexity index is 424. The van der Waals surface area contributed by atoms with Gasteiger partial charge in [-0.3, -0.25) is 9.69 Å². The summed E-state index contributed by atoms with van der Waals surface area (Å²) in [5, 5.41) is 3.98. The molecule has 6 heteroatoms. The maximum atomic E-state index is 11.6. The Morgan fingerprint density at radius 1 is 1.35 bits per heavy atom. The molecule has 0 bridgehead atoms. The maximum Gasteiger partial charge on any atom is 0.320 e. The van der Waals surface area contributed by atoms with Crippen LogP contribution in [0, 0.1) is 0 Å². The van der Waals surface area contributed by atoms with Crippen LogP contribution in [0.1, 0.15) is 52.8 Å². The Morgan fingerprint density at radius 3 is 2.55 bits per heavy atom. The molecule has 0 atom stereocenters. The molecular formula is C14H25N3O3. The molecule has 114 valence electrons. The Morgan fingerprint density at radius 2 is 2.05 bits per heavy atom. The number of hydrogen-bond donors (Lipinski definition) is 0. The Balaban J connectivity index is 2.65. The summed E-state index contributed by atoms with van der Waals surface area (Å²) in [6, 6.07) is 0. The van der Waals surface area contributed by atoms with Gasteiger partial charge < -0.3 is 9.26 Å². The average Bonchev–Trinajstić information content (AvgIpc) is 2.77. The van der Waals surface area contributed by atoms with Crippen LogP contribution in [0.2, 0.25) is 0 Å². The second-order valence-electron chi connectivity index (χ2n) is 5.78. The number of rotatable bonds is 7. The summed E-state index contributed by atoms with van der Waals surface area (Å²) in [5.74, 6) is 0.994. The van der Waals surface area contributed by atoms with E-state index in [4.69, 9.17) is 9.26 Å². The van der Waals surface area contributed by atoms with Gasteiger partial charge >= 0.3 is 5.97 Å². The van der Waals surface area contributed by atoms with E-state index in [0.717, 1.165) is 13.0 Å². The smallest absolute Gasteiger partial charge is 0.320 e. The molecule has 1 aromatic heterocycles. The van der Waals surface area contributed by atoms with E-state index >= 15 is 0 Å². The third-order valence-electron chi connectivity index (χ3n) is 2.67. The van der Waals surface area contributed by atoms with Gasteiger partial charge in [-0.2, -0.15) is 4.98 Å². The van der Waals surface area contributed by atoms with Crippen LogP contribution in [0.3, 0.4) is 0 Å². The minimum atomic E-state index is -0.222. The van der Waals surface area contributed by atoms with E-state index in [9.17, 15) is 4.79 Å². The number of carbonyl (C=O) groups is 1. The summed E-state index contributed by atoms with van der Waals surface area (Å²) in [7, 11) is 0. The molecule has 0 N–H and O–H groups in total. The van der Waals surface area contributed by atoms with E-state index in [1.165, 1.54) is 0 Å². The van der Waals surface area contributed by atoms with Gasteiger partial charge in [-0.05, 0) is 19.9 Å². The first kappa shape index (κ1) is 16.6. The van der Waals surface area contributed by atoms with Gasteiger partial charge in [0.15, 0.2) is 5.82 Å². The summed E-state index contributed by atoms with van der Waals surface area (Å²) in [5.41, 5.74) is -0.165. The number of esters is 1. The molecular weight excluding hydrogens is 258 g/mol. The van der Waals surface area contributed by atoms with Gasteiger partial charge in [-0.1, -0.05) is 32.9 Å². The Kier molecular flexibility index (Phi) is 6.13. The molecule has 0 radical (unpaired) electrons. The normalized spacial score (nSPS) is 11.9. The second kappa shape index (κ2) is 7.38. The zero-order chi connectivity index (χ0) is 15.2. The summed E-state index contributed by atoms with van der Waals surface area (Å²) in [6.45, 7) is 11.9. The van der Waals surface area contributed by atoms with Crippen LogP contribution < -0.4 is 0 Å². The molecule has 0 spiro atoms. The third-order valence-corrected chi connectivity index (χ3v) is 2.67. The first-order valence-corrected chi connectivity index (χ1v) is 7.07. The van der Waals surface area contributed by atoms with Crippen molar-refractivity contribution in [2.24, 2.45) is 0 Å². The number of carbonyl (C=O) groups excluding carboxylic acids is 1. The third kappa shape index (κ3) is 5.28. The van der Waals surface area contributed by atoms with Crippen molar-refractivity contribution in [2.75, 3.05) is 19.7 Å². The summed E-state index contributed by atoms with van der Waals surface area (Å²) in [4.78, 5) is 17.9. The highest BCUT2D eigenvalue weighted by Crippen LogP contribution is 2.20. The van der Waals surface area contributed by atoms with Crippen LogP contribution in [0.15, 0.2) is 4.52 Å². The average molecular weight is 283 g/mol. The molecule has 0 aliphatic heterocycles. The molecule has 0 fully saturated rings. The molecule has 0 unspecified atom stereocenters. The summed E-state index contributed by atoms with van der Waals surface area (Å²) >= 11 is 0. The fourth-order valence-corrected chi connectivity index (χ4v) is 1.74. The van der Waals surface area contributed by atoms with E-state index in [-0.39, 0.29) is 17.9 Å². The van der Waals surface area contributed by atoms with Gasteiger partial charge in [0.2, 0.25) is 5.89 Å². The molecule has 0 aliphatic carbocycles. The lowest BCUT2D eigenvalue weighted by molar-refractivity contribution is -0.144. The minimum absolute atomic E-state index is 0.165. The van der Waals surface area contributed by atoms with E-state index in [1.54, 1.807) is 6.92 Å². The van der Waals surface area contributed by atoms with Crippen LogP contribution in [0.4, 0.5) is 0 Å². The quantitative estimate of drug-likeness (QED) is 0.714. The van der Waals surface area contributed by atoms with Crippen molar-refractivity contribution in [3.05, 3.63) is 11.7 Å². The van der Waals surface area contributed by atoms with Crippen molar-refractivity contribution >= 4 is 5.97 Å². The molecule has 0 saturated carbocycles. The van der Waals surface area contributed by atoms with Gasteiger partial charge in [0.05, 0.1) is 19.7 Å². The highest BCUT2D eigenvalue weighted by Gasteiger charge is 2.22. The van der Waals surface area contributed by atoms with Crippen molar-refractivity contribution in [1.82, 2.24) is 15.0 Å². The first-order valence-electron chi connectivity index (χ1n) is 7.07. The predicted octanol–water partition coefficient (Wildman–Crippen LogP) is 2.14. The van der Waals surface area contributed by atoms with Gasteiger partial charge in [-0.25, -0.2) is 0 Å². The largest absolute Gasteiger partial charge is 0.465 e. The van der Waals surface area contributed by atoms with Crippen molar-refractivity contribution in [2.45, 2.75) is 53.0 Å². The van der Waals surface area contributed by atoms with Crippen LogP contribution in [0.5, 0.6) is 0 Å². The molecule has 0 aromatic carbocycles. The zero-order valence-corrected chi connectivity index (χ0v) is 13.1. The lowest BCUT2D eigenvalue weighted by Crippen LogP contribution is -2.31. The van der Waals surface area contributed by atoms with Gasteiger partial charge in [-0.15, -0.1) is 0 Å². The monoisotopic (exact) mass is 283 g/mol. The lowest BCUT2D eigenvalue weighted by Gasteiger charge is -2.18. The molecule has 1 heterocycles. The first-order chi connectivity index (χ1) is 9.36. The number of ether oxygens (including phenoxy) is 1. The molecule has 6 nitrogen and oxygen atoms in total. The van der Waals surface area contributed by atoms with Crippen molar-refractivity contribution in [3.63, 3.8) is 0 Å². The van der Waals surface area contributed by atoms with Gasteiger partial charge in [0.25, 0.3) is 0 Å². The Hall–Kier alpha value is -1.43. The van der Waals surface area contributed by atoms with Crippen molar-refractivity contribution in [3.8, 4) is 0 Å². The molecule has 0 amide bonds. The van der Waals surface area contributed by atoms with E-state index in [2.05, 4.69) is 17.1 Å². The van der Waals surface area contributed by atoms with E-state index < -0.39 is 0 Å². The highest BCUT2D eigenvalue weighted by atomic mass is 16.5. The number of nitrogens with zero attached hydrogens (tertiary/aromatic N) is 3. The van der Waals surface area contributed by atoms with Gasteiger partial charge in [0, 0.05) is 5.41 Å². The van der Waals surface area contributed by atoms with Crippen molar-refractivity contribution < 1.29 is 14.1 Å². The number of hydrogen-bond acceptors (Lipinski definition) is 6. The molecule has 0 saturated heterocycles. The molecule has 0 aliphatic rings. The summed E-state index contributed by atoms with van der Waals surface area (Å²) in [6.07, 6.45) is 0.948. The lowest BCUT2D eigenvalue weighted by atomic mass is 9.97. The molecule has 1 rings (SSSR count). The minimum Gasteiger partial charge on any atom is -0.465 e. The molecule has 20 heavy (non-hydrogen) atoms. The second-order valence-corrected chi connectivity index (χ2v) is 5.78. The standard InChI is InChI=1S/C14H25N3O3/c1-6-8-17(10-12(18)19-7-2)9-11-15-13(20-16-11)14(3,4)5/h6-10H2,1-5H3. The highest BCUT2D eigenvalue weighted by molar-refractivity contribution is 5.71. The SMILES string of the molecule is CCCN(CC(=O)OCC)Cc1noc(C(C)(C)C)n1. The van der Waals surface area contributed by atoms with E-state index in [0.29, 0.717) is 24.9 Å². The van der Waals surface area contributed by atoms with Crippen LogP contribution in [-0.2, 0) is 21.5 Å². The zero-order valence-electron chi connectivity index (χ0n) is 13.1. The number of aromatic nitrogens is 2. The van der Waals surface area contributed by atoms with Crippen molar-refractivity contribution in [1.29, 1.82) is 0 Å². The predicted molar refractivity (Wildman–Crippen MR) is 75.2 cm³/mol. The topological polar surface area (TPSA) is 68.5 Å². The fraction of sp³-hybridized carbons (Fsp3) is 0.786. The van der Waals surface area contributed by atoms with Gasteiger partial charge in [0.1, 0.15) is 0 Å². The van der Waals surface area contributed by atoms with Crippen LogP contribution in [0.25, 0.3) is 0 Å².